The Balaban J connectivity index is 2.24. The van der Waals surface area contributed by atoms with E-state index in [1.807, 2.05) is 0 Å². The van der Waals surface area contributed by atoms with Crippen LogP contribution in [0.3, 0.4) is 0 Å². The number of rotatable bonds is 3. The number of hydrogen-bond acceptors (Lipinski definition) is 3. The molecule has 0 spiro atoms. The van der Waals surface area contributed by atoms with Crippen LogP contribution in [0.5, 0.6) is 0 Å². The third-order valence-corrected chi connectivity index (χ3v) is 4.66. The second-order valence-electron chi connectivity index (χ2n) is 4.44. The lowest BCUT2D eigenvalue weighted by Gasteiger charge is -2.09. The fourth-order valence-corrected chi connectivity index (χ4v) is 3.20. The molecule has 2 aromatic carbocycles. The van der Waals surface area contributed by atoms with E-state index >= 15 is 0 Å². The summed E-state index contributed by atoms with van der Waals surface area (Å²) >= 11 is 5.75. The zero-order valence-electron chi connectivity index (χ0n) is 11.3. The molecule has 0 aliphatic rings. The van der Waals surface area contributed by atoms with Crippen LogP contribution in [0, 0.1) is 0 Å². The molecule has 0 bridgehead atoms. The molecule has 0 heterocycles. The molecule has 0 radical (unpaired) electrons. The molecular weight excluding hydrogens is 355 g/mol. The minimum Gasteiger partial charge on any atom is -0.268 e. The van der Waals surface area contributed by atoms with E-state index in [9.17, 15) is 26.4 Å². The van der Waals surface area contributed by atoms with Crippen molar-refractivity contribution in [2.75, 3.05) is 0 Å². The van der Waals surface area contributed by atoms with Crippen molar-refractivity contribution in [2.45, 2.75) is 11.1 Å². The summed E-state index contributed by atoms with van der Waals surface area (Å²) in [6.45, 7) is 0. The molecule has 0 fully saturated rings. The van der Waals surface area contributed by atoms with Gasteiger partial charge in [-0.2, -0.15) is 13.2 Å². The van der Waals surface area contributed by atoms with Gasteiger partial charge in [0.2, 0.25) is 0 Å². The molecule has 1 N–H and O–H groups in total. The molecule has 122 valence electrons. The third-order valence-electron chi connectivity index (χ3n) is 2.83. The van der Waals surface area contributed by atoms with Gasteiger partial charge in [-0.05, 0) is 36.4 Å². The maximum Gasteiger partial charge on any atom is 0.416 e. The number of hydrogen-bond donors (Lipinski definition) is 1. The van der Waals surface area contributed by atoms with Gasteiger partial charge in [0.25, 0.3) is 15.9 Å². The standard InChI is InChI=1S/C14H9ClF3NO3S/c15-11-3-1-2-4-12(11)23(21,22)19-13(20)9-5-7-10(8-6-9)14(16,17)18/h1-8H,(H,19,20). The van der Waals surface area contributed by atoms with Crippen LogP contribution >= 0.6 is 11.6 Å². The Bertz CT molecular complexity index is 833. The van der Waals surface area contributed by atoms with Gasteiger partial charge >= 0.3 is 6.18 Å². The van der Waals surface area contributed by atoms with Gasteiger partial charge in [0.15, 0.2) is 0 Å². The highest BCUT2D eigenvalue weighted by Gasteiger charge is 2.30. The molecule has 23 heavy (non-hydrogen) atoms. The topological polar surface area (TPSA) is 63.2 Å². The Labute approximate surface area is 134 Å². The van der Waals surface area contributed by atoms with Crippen molar-refractivity contribution in [1.82, 2.24) is 4.72 Å². The summed E-state index contributed by atoms with van der Waals surface area (Å²) in [5, 5.41) is -0.0831. The van der Waals surface area contributed by atoms with Crippen molar-refractivity contribution in [3.63, 3.8) is 0 Å². The number of amides is 1. The highest BCUT2D eigenvalue weighted by atomic mass is 35.5. The summed E-state index contributed by atoms with van der Waals surface area (Å²) in [5.74, 6) is -1.06. The van der Waals surface area contributed by atoms with E-state index in [1.165, 1.54) is 24.3 Å². The number of sulfonamides is 1. The molecular formula is C14H9ClF3NO3S. The van der Waals surface area contributed by atoms with Crippen LogP contribution in [0.1, 0.15) is 15.9 Å². The summed E-state index contributed by atoms with van der Waals surface area (Å²) in [6, 6.07) is 8.63. The summed E-state index contributed by atoms with van der Waals surface area (Å²) in [5.41, 5.74) is -1.17. The maximum absolute atomic E-state index is 12.4. The van der Waals surface area contributed by atoms with Gasteiger partial charge in [0.05, 0.1) is 10.6 Å². The van der Waals surface area contributed by atoms with E-state index in [1.54, 1.807) is 4.72 Å². The van der Waals surface area contributed by atoms with Crippen molar-refractivity contribution in [3.05, 3.63) is 64.7 Å². The van der Waals surface area contributed by atoms with Gasteiger partial charge in [0, 0.05) is 5.56 Å². The van der Waals surface area contributed by atoms with Crippen LogP contribution in [0.15, 0.2) is 53.4 Å². The lowest BCUT2D eigenvalue weighted by Crippen LogP contribution is -2.30. The van der Waals surface area contributed by atoms with E-state index in [2.05, 4.69) is 0 Å². The third kappa shape index (κ3) is 4.02. The molecule has 2 aromatic rings. The van der Waals surface area contributed by atoms with E-state index in [0.717, 1.165) is 12.1 Å². The van der Waals surface area contributed by atoms with Gasteiger partial charge in [-0.15, -0.1) is 0 Å². The first-order valence-corrected chi connectivity index (χ1v) is 7.96. The number of nitrogens with one attached hydrogen (secondary N) is 1. The van der Waals surface area contributed by atoms with E-state index in [-0.39, 0.29) is 15.5 Å². The number of halogens is 4. The molecule has 2 rings (SSSR count). The minimum atomic E-state index is -4.54. The van der Waals surface area contributed by atoms with Crippen LogP contribution in [0.25, 0.3) is 0 Å². The SMILES string of the molecule is O=C(NS(=O)(=O)c1ccccc1Cl)c1ccc(C(F)(F)F)cc1. The van der Waals surface area contributed by atoms with Crippen molar-refractivity contribution < 1.29 is 26.4 Å². The lowest BCUT2D eigenvalue weighted by molar-refractivity contribution is -0.137. The van der Waals surface area contributed by atoms with Crippen LogP contribution in [0.2, 0.25) is 5.02 Å². The van der Waals surface area contributed by atoms with Crippen LogP contribution in [0.4, 0.5) is 13.2 Å². The number of carbonyl (C=O) groups is 1. The fraction of sp³-hybridized carbons (Fsp3) is 0.0714. The zero-order chi connectivity index (χ0) is 17.3. The molecule has 0 aromatic heterocycles. The van der Waals surface area contributed by atoms with Gasteiger partial charge in [-0.25, -0.2) is 13.1 Å². The molecule has 1 amide bonds. The molecule has 0 aliphatic carbocycles. The first-order valence-electron chi connectivity index (χ1n) is 6.10. The van der Waals surface area contributed by atoms with E-state index in [0.29, 0.717) is 12.1 Å². The van der Waals surface area contributed by atoms with Crippen LogP contribution in [-0.2, 0) is 16.2 Å². The quantitative estimate of drug-likeness (QED) is 0.908. The number of carbonyl (C=O) groups excluding carboxylic acids is 1. The average molecular weight is 364 g/mol. The molecule has 0 saturated heterocycles. The predicted octanol–water partition coefficient (Wildman–Crippen LogP) is 3.48. The Kier molecular flexibility index (Phi) is 4.67. The minimum absolute atomic E-state index is 0.0831. The Morgan fingerprint density at radius 3 is 2.09 bits per heavy atom. The van der Waals surface area contributed by atoms with Crippen molar-refractivity contribution in [1.29, 1.82) is 0 Å². The Hall–Kier alpha value is -2.06. The molecule has 0 saturated carbocycles. The summed E-state index contributed by atoms with van der Waals surface area (Å²) in [6.07, 6.45) is -4.54. The Morgan fingerprint density at radius 1 is 1.00 bits per heavy atom. The monoisotopic (exact) mass is 363 g/mol. The maximum atomic E-state index is 12.4. The highest BCUT2D eigenvalue weighted by Crippen LogP contribution is 2.29. The molecule has 0 aliphatic heterocycles. The van der Waals surface area contributed by atoms with E-state index < -0.39 is 27.7 Å². The normalized spacial score (nSPS) is 12.0. The highest BCUT2D eigenvalue weighted by molar-refractivity contribution is 7.90. The van der Waals surface area contributed by atoms with Crippen molar-refractivity contribution in [2.24, 2.45) is 0 Å². The molecule has 9 heteroatoms. The number of alkyl halides is 3. The van der Waals surface area contributed by atoms with Gasteiger partial charge in [-0.3, -0.25) is 4.79 Å². The van der Waals surface area contributed by atoms with Crippen molar-refractivity contribution in [3.8, 4) is 0 Å². The molecule has 0 unspecified atom stereocenters. The van der Waals surface area contributed by atoms with E-state index in [4.69, 9.17) is 11.6 Å². The van der Waals surface area contributed by atoms with Gasteiger partial charge in [0.1, 0.15) is 4.90 Å². The summed E-state index contributed by atoms with van der Waals surface area (Å²) in [7, 11) is -4.23. The largest absolute Gasteiger partial charge is 0.416 e. The fourth-order valence-electron chi connectivity index (χ4n) is 1.71. The first kappa shape index (κ1) is 17.3. The lowest BCUT2D eigenvalue weighted by atomic mass is 10.1. The zero-order valence-corrected chi connectivity index (χ0v) is 12.8. The molecule has 4 nitrogen and oxygen atoms in total. The first-order chi connectivity index (χ1) is 10.6. The molecule has 0 atom stereocenters. The van der Waals surface area contributed by atoms with Gasteiger partial charge in [-0.1, -0.05) is 23.7 Å². The summed E-state index contributed by atoms with van der Waals surface area (Å²) in [4.78, 5) is 11.6. The summed E-state index contributed by atoms with van der Waals surface area (Å²) < 4.78 is 63.2. The predicted molar refractivity (Wildman–Crippen MR) is 77.5 cm³/mol. The smallest absolute Gasteiger partial charge is 0.268 e. The van der Waals surface area contributed by atoms with Crippen LogP contribution < -0.4 is 4.72 Å². The van der Waals surface area contributed by atoms with Crippen molar-refractivity contribution >= 4 is 27.5 Å². The average Bonchev–Trinajstić information content (AvgIpc) is 2.46. The Morgan fingerprint density at radius 2 is 1.57 bits per heavy atom. The second-order valence-corrected chi connectivity index (χ2v) is 6.50. The van der Waals surface area contributed by atoms with Crippen LogP contribution in [-0.4, -0.2) is 14.3 Å². The second kappa shape index (κ2) is 6.21. The van der Waals surface area contributed by atoms with Gasteiger partial charge < -0.3 is 0 Å². The number of benzene rings is 2.